The highest BCUT2D eigenvalue weighted by Gasteiger charge is 2.25. The first-order chi connectivity index (χ1) is 8.86. The number of aliphatic hydroxyl groups excluding tert-OH is 1. The van der Waals surface area contributed by atoms with Crippen LogP contribution < -0.4 is 0 Å². The first-order valence-corrected chi connectivity index (χ1v) is 6.08. The molecule has 0 radical (unpaired) electrons. The van der Waals surface area contributed by atoms with E-state index in [1.165, 1.54) is 0 Å². The molecule has 0 aliphatic carbocycles. The molecule has 1 aliphatic rings. The van der Waals surface area contributed by atoms with E-state index in [0.29, 0.717) is 24.0 Å². The minimum absolute atomic E-state index is 0.183. The topological polar surface area (TPSA) is 75.5 Å². The number of aromatic nitrogens is 2. The van der Waals surface area contributed by atoms with Gasteiger partial charge in [-0.3, -0.25) is 4.90 Å². The fourth-order valence-corrected chi connectivity index (χ4v) is 2.31. The molecular formula is C12H15N3O3. The number of hydrogen-bond acceptors (Lipinski definition) is 6. The molecule has 0 unspecified atom stereocenters. The van der Waals surface area contributed by atoms with Crippen LogP contribution in [0.25, 0.3) is 11.7 Å². The van der Waals surface area contributed by atoms with Crippen LogP contribution in [0.4, 0.5) is 0 Å². The van der Waals surface area contributed by atoms with Gasteiger partial charge in [-0.15, -0.1) is 0 Å². The van der Waals surface area contributed by atoms with Crippen LogP contribution in [0.3, 0.4) is 0 Å². The predicted octanol–water partition coefficient (Wildman–Crippen LogP) is 1.29. The molecule has 18 heavy (non-hydrogen) atoms. The number of rotatable bonds is 4. The number of hydrogen-bond donors (Lipinski definition) is 1. The third-order valence-corrected chi connectivity index (χ3v) is 3.25. The van der Waals surface area contributed by atoms with Crippen LogP contribution in [0.2, 0.25) is 0 Å². The summed E-state index contributed by atoms with van der Waals surface area (Å²) < 4.78 is 10.3. The second-order valence-corrected chi connectivity index (χ2v) is 4.44. The second-order valence-electron chi connectivity index (χ2n) is 4.44. The average Bonchev–Trinajstić information content (AvgIpc) is 3.10. The van der Waals surface area contributed by atoms with Crippen molar-refractivity contribution in [3.05, 3.63) is 24.2 Å². The molecule has 0 saturated carbocycles. The number of aliphatic hydroxyl groups is 1. The average molecular weight is 249 g/mol. The van der Waals surface area contributed by atoms with Gasteiger partial charge in [0.2, 0.25) is 0 Å². The van der Waals surface area contributed by atoms with Gasteiger partial charge in [-0.05, 0) is 31.5 Å². The smallest absolute Gasteiger partial charge is 0.293 e. The summed E-state index contributed by atoms with van der Waals surface area (Å²) in [6.07, 6.45) is 3.70. The molecule has 2 aromatic heterocycles. The van der Waals surface area contributed by atoms with Crippen LogP contribution in [0.15, 0.2) is 27.3 Å². The predicted molar refractivity (Wildman–Crippen MR) is 62.5 cm³/mol. The Kier molecular flexibility index (Phi) is 3.12. The van der Waals surface area contributed by atoms with Gasteiger partial charge in [0.05, 0.1) is 19.4 Å². The summed E-state index contributed by atoms with van der Waals surface area (Å²) in [4.78, 5) is 6.47. The van der Waals surface area contributed by atoms with Crippen molar-refractivity contribution in [3.63, 3.8) is 0 Å². The summed E-state index contributed by atoms with van der Waals surface area (Å²) in [5, 5.41) is 13.2. The normalized spacial score (nSPS) is 20.6. The van der Waals surface area contributed by atoms with Crippen molar-refractivity contribution in [2.75, 3.05) is 13.2 Å². The fraction of sp³-hybridized carbons (Fsp3) is 0.500. The zero-order valence-corrected chi connectivity index (χ0v) is 9.95. The Balaban J connectivity index is 1.70. The lowest BCUT2D eigenvalue weighted by molar-refractivity contribution is 0.150. The van der Waals surface area contributed by atoms with E-state index in [9.17, 15) is 5.11 Å². The van der Waals surface area contributed by atoms with Gasteiger partial charge in [0, 0.05) is 6.04 Å². The van der Waals surface area contributed by atoms with Gasteiger partial charge in [-0.2, -0.15) is 4.98 Å². The maximum absolute atomic E-state index is 9.25. The van der Waals surface area contributed by atoms with Crippen LogP contribution in [-0.4, -0.2) is 39.3 Å². The molecule has 0 spiro atoms. The molecule has 1 aliphatic heterocycles. The quantitative estimate of drug-likeness (QED) is 0.879. The van der Waals surface area contributed by atoms with Crippen molar-refractivity contribution in [2.24, 2.45) is 0 Å². The second kappa shape index (κ2) is 4.91. The van der Waals surface area contributed by atoms with E-state index in [1.54, 1.807) is 18.4 Å². The van der Waals surface area contributed by atoms with E-state index in [2.05, 4.69) is 15.0 Å². The number of nitrogens with zero attached hydrogens (tertiary/aromatic N) is 3. The van der Waals surface area contributed by atoms with Crippen LogP contribution in [0.5, 0.6) is 0 Å². The van der Waals surface area contributed by atoms with Crippen molar-refractivity contribution in [1.82, 2.24) is 15.0 Å². The Labute approximate surface area is 104 Å². The molecule has 0 aromatic carbocycles. The van der Waals surface area contributed by atoms with Gasteiger partial charge in [0.1, 0.15) is 0 Å². The summed E-state index contributed by atoms with van der Waals surface area (Å²) in [5.41, 5.74) is 0. The largest absolute Gasteiger partial charge is 0.459 e. The number of likely N-dealkylation sites (tertiary alicyclic amines) is 1. The summed E-state index contributed by atoms with van der Waals surface area (Å²) in [6, 6.07) is 3.78. The van der Waals surface area contributed by atoms with Gasteiger partial charge < -0.3 is 14.0 Å². The highest BCUT2D eigenvalue weighted by atomic mass is 16.5. The molecule has 3 rings (SSSR count). The van der Waals surface area contributed by atoms with Crippen molar-refractivity contribution in [1.29, 1.82) is 0 Å². The fourth-order valence-electron chi connectivity index (χ4n) is 2.31. The molecule has 0 amide bonds. The van der Waals surface area contributed by atoms with E-state index in [4.69, 9.17) is 8.94 Å². The van der Waals surface area contributed by atoms with E-state index in [-0.39, 0.29) is 12.6 Å². The summed E-state index contributed by atoms with van der Waals surface area (Å²) in [6.45, 7) is 1.76. The van der Waals surface area contributed by atoms with Crippen LogP contribution >= 0.6 is 0 Å². The van der Waals surface area contributed by atoms with E-state index < -0.39 is 0 Å². The Morgan fingerprint density at radius 1 is 1.50 bits per heavy atom. The minimum atomic E-state index is 0.183. The Bertz CT molecular complexity index is 494. The van der Waals surface area contributed by atoms with Gasteiger partial charge in [0.25, 0.3) is 5.89 Å². The lowest BCUT2D eigenvalue weighted by atomic mass is 10.2. The molecular weight excluding hydrogens is 234 g/mol. The molecule has 6 nitrogen and oxygen atoms in total. The van der Waals surface area contributed by atoms with Crippen molar-refractivity contribution < 1.29 is 14.0 Å². The van der Waals surface area contributed by atoms with Gasteiger partial charge in [-0.1, -0.05) is 5.16 Å². The van der Waals surface area contributed by atoms with Crippen molar-refractivity contribution in [2.45, 2.75) is 25.4 Å². The first-order valence-electron chi connectivity index (χ1n) is 6.08. The number of furan rings is 1. The highest BCUT2D eigenvalue weighted by Crippen LogP contribution is 2.21. The van der Waals surface area contributed by atoms with Crippen LogP contribution in [0.1, 0.15) is 18.7 Å². The van der Waals surface area contributed by atoms with E-state index in [1.807, 2.05) is 0 Å². The molecule has 2 aromatic rings. The monoisotopic (exact) mass is 249 g/mol. The molecule has 96 valence electrons. The summed E-state index contributed by atoms with van der Waals surface area (Å²) in [7, 11) is 0. The molecule has 3 heterocycles. The molecule has 6 heteroatoms. The molecule has 1 saturated heterocycles. The maximum Gasteiger partial charge on any atom is 0.293 e. The zero-order valence-electron chi connectivity index (χ0n) is 9.95. The zero-order chi connectivity index (χ0) is 12.4. The standard InChI is InChI=1S/C12H15N3O3/c16-8-9-3-1-5-15(9)7-11-13-12(18-14-11)10-4-2-6-17-10/h2,4,6,9,16H,1,3,5,7-8H2/t9-/m1/s1. The highest BCUT2D eigenvalue weighted by molar-refractivity contribution is 5.42. The van der Waals surface area contributed by atoms with E-state index in [0.717, 1.165) is 19.4 Å². The van der Waals surface area contributed by atoms with Crippen LogP contribution in [-0.2, 0) is 6.54 Å². The molecule has 0 bridgehead atoms. The van der Waals surface area contributed by atoms with Crippen molar-refractivity contribution in [3.8, 4) is 11.7 Å². The Hall–Kier alpha value is -1.66. The minimum Gasteiger partial charge on any atom is -0.459 e. The third kappa shape index (κ3) is 2.16. The van der Waals surface area contributed by atoms with Crippen LogP contribution in [0, 0.1) is 0 Å². The van der Waals surface area contributed by atoms with Gasteiger partial charge in [-0.25, -0.2) is 0 Å². The summed E-state index contributed by atoms with van der Waals surface area (Å²) in [5.74, 6) is 1.60. The molecule has 1 fully saturated rings. The summed E-state index contributed by atoms with van der Waals surface area (Å²) >= 11 is 0. The lowest BCUT2D eigenvalue weighted by Crippen LogP contribution is -2.31. The molecule has 1 atom stereocenters. The van der Waals surface area contributed by atoms with E-state index >= 15 is 0 Å². The first kappa shape index (κ1) is 11.4. The Morgan fingerprint density at radius 3 is 3.22 bits per heavy atom. The lowest BCUT2D eigenvalue weighted by Gasteiger charge is -2.20. The maximum atomic E-state index is 9.25. The molecule has 1 N–H and O–H groups in total. The third-order valence-electron chi connectivity index (χ3n) is 3.25. The van der Waals surface area contributed by atoms with Gasteiger partial charge in [0.15, 0.2) is 11.6 Å². The SMILES string of the molecule is OC[C@H]1CCCN1Cc1noc(-c2ccco2)n1. The van der Waals surface area contributed by atoms with Crippen molar-refractivity contribution >= 4 is 0 Å². The van der Waals surface area contributed by atoms with Gasteiger partial charge >= 0.3 is 0 Å². The Morgan fingerprint density at radius 2 is 2.44 bits per heavy atom.